The van der Waals surface area contributed by atoms with Gasteiger partial charge in [0.2, 0.25) is 0 Å². The lowest BCUT2D eigenvalue weighted by Crippen LogP contribution is -2.48. The summed E-state index contributed by atoms with van der Waals surface area (Å²) in [4.78, 5) is 35.6. The van der Waals surface area contributed by atoms with E-state index in [1.165, 1.54) is 31.5 Å². The minimum absolute atomic E-state index is 0.107. The second-order valence-electron chi connectivity index (χ2n) is 7.78. The molecule has 0 spiro atoms. The Labute approximate surface area is 206 Å². The van der Waals surface area contributed by atoms with E-state index >= 15 is 0 Å². The number of benzene rings is 2. The summed E-state index contributed by atoms with van der Waals surface area (Å²) in [6.45, 7) is 3.60. The van der Waals surface area contributed by atoms with Crippen molar-refractivity contribution in [2.24, 2.45) is 11.0 Å². The van der Waals surface area contributed by atoms with Crippen LogP contribution in [0.25, 0.3) is 11.3 Å². The van der Waals surface area contributed by atoms with Crippen LogP contribution in [0.4, 0.5) is 5.69 Å². The van der Waals surface area contributed by atoms with Crippen LogP contribution >= 0.6 is 11.6 Å². The molecule has 2 N–H and O–H groups in total. The van der Waals surface area contributed by atoms with E-state index in [0.717, 1.165) is 0 Å². The van der Waals surface area contributed by atoms with Gasteiger partial charge in [0.25, 0.3) is 17.5 Å². The minimum Gasteiger partial charge on any atom is -0.496 e. The molecule has 35 heavy (non-hydrogen) atoms. The maximum absolute atomic E-state index is 12.6. The number of non-ortho nitro benzene ring substituents is 1. The van der Waals surface area contributed by atoms with Crippen LogP contribution in [0.2, 0.25) is 5.02 Å². The van der Waals surface area contributed by atoms with E-state index in [1.54, 1.807) is 50.2 Å². The summed E-state index contributed by atoms with van der Waals surface area (Å²) in [5.74, 6) is -0.103. The molecule has 0 aliphatic rings. The topological polar surface area (TPSA) is 136 Å². The van der Waals surface area contributed by atoms with Crippen LogP contribution in [0.3, 0.4) is 0 Å². The van der Waals surface area contributed by atoms with Crippen molar-refractivity contribution in [3.05, 3.63) is 81.1 Å². The first-order valence-electron chi connectivity index (χ1n) is 10.5. The van der Waals surface area contributed by atoms with Crippen LogP contribution in [-0.4, -0.2) is 36.1 Å². The second kappa shape index (κ2) is 11.3. The number of ether oxygens (including phenoxy) is 1. The number of amides is 2. The van der Waals surface area contributed by atoms with E-state index in [-0.39, 0.29) is 17.4 Å². The number of rotatable bonds is 9. The molecule has 0 saturated carbocycles. The molecule has 10 nitrogen and oxygen atoms in total. The molecule has 0 saturated heterocycles. The molecule has 2 aromatic carbocycles. The van der Waals surface area contributed by atoms with Crippen LogP contribution in [0.1, 0.15) is 30.0 Å². The molecular weight excluding hydrogens is 476 g/mol. The fourth-order valence-electron chi connectivity index (χ4n) is 3.15. The summed E-state index contributed by atoms with van der Waals surface area (Å²) < 4.78 is 10.9. The number of nitro groups is 1. The van der Waals surface area contributed by atoms with Crippen molar-refractivity contribution in [1.82, 2.24) is 10.7 Å². The van der Waals surface area contributed by atoms with Crippen LogP contribution in [0.5, 0.6) is 5.75 Å². The average molecular weight is 499 g/mol. The van der Waals surface area contributed by atoms with Gasteiger partial charge in [-0.2, -0.15) is 5.10 Å². The highest BCUT2D eigenvalue weighted by atomic mass is 35.5. The molecule has 0 aliphatic carbocycles. The van der Waals surface area contributed by atoms with Crippen molar-refractivity contribution in [3.63, 3.8) is 0 Å². The van der Waals surface area contributed by atoms with E-state index < -0.39 is 22.8 Å². The molecule has 1 aromatic heterocycles. The number of carbonyl (C=O) groups excluding carboxylic acids is 2. The predicted octanol–water partition coefficient (Wildman–Crippen LogP) is 4.42. The Balaban J connectivity index is 1.66. The van der Waals surface area contributed by atoms with E-state index in [4.69, 9.17) is 20.8 Å². The Morgan fingerprint density at radius 1 is 1.14 bits per heavy atom. The van der Waals surface area contributed by atoms with Crippen molar-refractivity contribution in [2.45, 2.75) is 19.9 Å². The molecule has 0 aliphatic heterocycles. The Kier molecular flexibility index (Phi) is 8.21. The summed E-state index contributed by atoms with van der Waals surface area (Å²) in [5.41, 5.74) is 3.19. The van der Waals surface area contributed by atoms with E-state index in [1.807, 2.05) is 0 Å². The SMILES string of the molecule is COc1cc([N+](=O)[O-])ccc1-c1ccc(C=NNC(=O)C(NC(=O)c2ccc(Cl)cc2)C(C)C)o1. The zero-order valence-corrected chi connectivity index (χ0v) is 19.9. The Morgan fingerprint density at radius 2 is 1.86 bits per heavy atom. The first-order chi connectivity index (χ1) is 16.7. The number of hydrazone groups is 1. The summed E-state index contributed by atoms with van der Waals surface area (Å²) in [6.07, 6.45) is 1.30. The number of nitro benzene ring substituents is 1. The summed E-state index contributed by atoms with van der Waals surface area (Å²) in [7, 11) is 1.40. The molecule has 182 valence electrons. The predicted molar refractivity (Wildman–Crippen MR) is 131 cm³/mol. The molecule has 1 atom stereocenters. The van der Waals surface area contributed by atoms with Gasteiger partial charge in [0.1, 0.15) is 23.3 Å². The van der Waals surface area contributed by atoms with E-state index in [2.05, 4.69) is 15.8 Å². The molecule has 0 radical (unpaired) electrons. The van der Waals surface area contributed by atoms with Crippen molar-refractivity contribution in [2.75, 3.05) is 7.11 Å². The third-order valence-electron chi connectivity index (χ3n) is 5.00. The number of furan rings is 1. The minimum atomic E-state index is -0.827. The molecule has 0 bridgehead atoms. The van der Waals surface area contributed by atoms with Gasteiger partial charge in [-0.3, -0.25) is 19.7 Å². The lowest BCUT2D eigenvalue weighted by molar-refractivity contribution is -0.384. The zero-order valence-electron chi connectivity index (χ0n) is 19.2. The van der Waals surface area contributed by atoms with Gasteiger partial charge in [0.05, 0.1) is 29.9 Å². The number of halogens is 1. The van der Waals surface area contributed by atoms with Gasteiger partial charge < -0.3 is 14.5 Å². The van der Waals surface area contributed by atoms with Gasteiger partial charge in [-0.1, -0.05) is 25.4 Å². The summed E-state index contributed by atoms with van der Waals surface area (Å²) in [5, 5.41) is 18.1. The molecule has 2 amide bonds. The molecule has 0 fully saturated rings. The number of hydrogen-bond donors (Lipinski definition) is 2. The summed E-state index contributed by atoms with van der Waals surface area (Å²) >= 11 is 5.85. The normalized spacial score (nSPS) is 11.9. The lowest BCUT2D eigenvalue weighted by Gasteiger charge is -2.20. The maximum Gasteiger partial charge on any atom is 0.273 e. The maximum atomic E-state index is 12.6. The Hall–Kier alpha value is -4.18. The second-order valence-corrected chi connectivity index (χ2v) is 8.22. The highest BCUT2D eigenvalue weighted by molar-refractivity contribution is 6.30. The average Bonchev–Trinajstić information content (AvgIpc) is 3.30. The van der Waals surface area contributed by atoms with Crippen molar-refractivity contribution in [3.8, 4) is 17.1 Å². The third-order valence-corrected chi connectivity index (χ3v) is 5.25. The quantitative estimate of drug-likeness (QED) is 0.254. The van der Waals surface area contributed by atoms with Gasteiger partial charge in [0, 0.05) is 16.7 Å². The lowest BCUT2D eigenvalue weighted by atomic mass is 10.0. The van der Waals surface area contributed by atoms with Crippen LogP contribution in [0, 0.1) is 16.0 Å². The molecule has 11 heteroatoms. The van der Waals surface area contributed by atoms with E-state index in [9.17, 15) is 19.7 Å². The molecule has 1 heterocycles. The highest BCUT2D eigenvalue weighted by Crippen LogP contribution is 2.34. The van der Waals surface area contributed by atoms with Crippen molar-refractivity contribution >= 4 is 35.3 Å². The number of nitrogens with zero attached hydrogens (tertiary/aromatic N) is 2. The van der Waals surface area contributed by atoms with Crippen molar-refractivity contribution in [1.29, 1.82) is 0 Å². The monoisotopic (exact) mass is 498 g/mol. The van der Waals surface area contributed by atoms with Gasteiger partial charge in [0.15, 0.2) is 0 Å². The largest absolute Gasteiger partial charge is 0.496 e. The Morgan fingerprint density at radius 3 is 2.49 bits per heavy atom. The molecule has 1 unspecified atom stereocenters. The van der Waals surface area contributed by atoms with Crippen LogP contribution < -0.4 is 15.5 Å². The van der Waals surface area contributed by atoms with Gasteiger partial charge in [-0.15, -0.1) is 0 Å². The fraction of sp³-hybridized carbons (Fsp3) is 0.208. The molecule has 3 aromatic rings. The standard InChI is InChI=1S/C24H23ClN4O6/c1-14(2)22(27-23(30)15-4-6-16(25)7-5-15)24(31)28-26-13-18-9-11-20(35-18)19-10-8-17(29(32)33)12-21(19)34-3/h4-14,22H,1-3H3,(H,27,30)(H,28,31). The molecule has 3 rings (SSSR count). The van der Waals surface area contributed by atoms with Gasteiger partial charge in [-0.05, 0) is 48.4 Å². The first kappa shape index (κ1) is 25.4. The van der Waals surface area contributed by atoms with Gasteiger partial charge in [-0.25, -0.2) is 5.43 Å². The summed E-state index contributed by atoms with van der Waals surface area (Å²) in [6, 6.07) is 12.9. The van der Waals surface area contributed by atoms with E-state index in [0.29, 0.717) is 27.7 Å². The first-order valence-corrected chi connectivity index (χ1v) is 10.9. The number of nitrogens with one attached hydrogen (secondary N) is 2. The van der Waals surface area contributed by atoms with Crippen molar-refractivity contribution < 1.29 is 23.7 Å². The van der Waals surface area contributed by atoms with Crippen LogP contribution in [0.15, 0.2) is 64.1 Å². The number of hydrogen-bond acceptors (Lipinski definition) is 7. The smallest absolute Gasteiger partial charge is 0.273 e. The number of carbonyl (C=O) groups is 2. The zero-order chi connectivity index (χ0) is 25.5. The molecular formula is C24H23ClN4O6. The third kappa shape index (κ3) is 6.45. The van der Waals surface area contributed by atoms with Gasteiger partial charge >= 0.3 is 0 Å². The highest BCUT2D eigenvalue weighted by Gasteiger charge is 2.24. The van der Waals surface area contributed by atoms with Crippen LogP contribution in [-0.2, 0) is 4.79 Å². The fourth-order valence-corrected chi connectivity index (χ4v) is 3.28. The Bertz CT molecular complexity index is 1250. The number of methoxy groups -OCH3 is 1.